The number of primary sulfonamides is 1. The lowest BCUT2D eigenvalue weighted by molar-refractivity contribution is 0.117. The molecule has 2 bridgehead atoms. The molecular weight excluding hydrogens is 262 g/mol. The van der Waals surface area contributed by atoms with Gasteiger partial charge in [0.15, 0.2) is 0 Å². The summed E-state index contributed by atoms with van der Waals surface area (Å²) in [4.78, 5) is 2.52. The maximum atomic E-state index is 11.0. The van der Waals surface area contributed by atoms with Crippen LogP contribution in [0.4, 0.5) is 0 Å². The molecule has 0 aromatic rings. The summed E-state index contributed by atoms with van der Waals surface area (Å²) >= 11 is 0. The molecule has 0 spiro atoms. The number of hydrogen-bond acceptors (Lipinski definition) is 4. The molecule has 2 aliphatic rings. The number of nitrogens with two attached hydrogens (primary N) is 1. The van der Waals surface area contributed by atoms with E-state index in [0.717, 1.165) is 13.1 Å². The molecule has 2 fully saturated rings. The van der Waals surface area contributed by atoms with Crippen LogP contribution in [0, 0.1) is 0 Å². The molecule has 6 heteroatoms. The number of piperidine rings is 1. The third-order valence-corrected chi connectivity index (χ3v) is 5.27. The molecule has 0 saturated carbocycles. The molecular formula is C13H27N3O2S. The van der Waals surface area contributed by atoms with E-state index in [4.69, 9.17) is 5.14 Å². The SMILES string of the molecule is CCCNC1CC2CCC(C1)N2CCCS(N)(=O)=O. The highest BCUT2D eigenvalue weighted by Gasteiger charge is 2.39. The number of rotatable bonds is 7. The van der Waals surface area contributed by atoms with Crippen LogP contribution in [0.5, 0.6) is 0 Å². The molecule has 2 rings (SSSR count). The van der Waals surface area contributed by atoms with Gasteiger partial charge >= 0.3 is 0 Å². The number of sulfonamides is 1. The second-order valence-electron chi connectivity index (χ2n) is 5.97. The van der Waals surface area contributed by atoms with Crippen molar-refractivity contribution < 1.29 is 8.42 Å². The molecule has 112 valence electrons. The van der Waals surface area contributed by atoms with Crippen molar-refractivity contribution in [2.75, 3.05) is 18.8 Å². The predicted octanol–water partition coefficient (Wildman–Crippen LogP) is 0.660. The van der Waals surface area contributed by atoms with Crippen LogP contribution in [0.25, 0.3) is 0 Å². The first-order valence-electron chi connectivity index (χ1n) is 7.49. The van der Waals surface area contributed by atoms with E-state index in [1.807, 2.05) is 0 Å². The van der Waals surface area contributed by atoms with Crippen LogP contribution in [0.15, 0.2) is 0 Å². The number of nitrogens with zero attached hydrogens (tertiary/aromatic N) is 1. The summed E-state index contributed by atoms with van der Waals surface area (Å²) in [5.74, 6) is 0.112. The van der Waals surface area contributed by atoms with E-state index < -0.39 is 10.0 Å². The van der Waals surface area contributed by atoms with Gasteiger partial charge in [-0.3, -0.25) is 4.90 Å². The first-order valence-corrected chi connectivity index (χ1v) is 9.20. The van der Waals surface area contributed by atoms with Gasteiger partial charge in [-0.05, 0) is 51.6 Å². The summed E-state index contributed by atoms with van der Waals surface area (Å²) in [5, 5.41) is 8.69. The van der Waals surface area contributed by atoms with Gasteiger partial charge < -0.3 is 5.32 Å². The zero-order valence-corrected chi connectivity index (χ0v) is 12.7. The fourth-order valence-electron chi connectivity index (χ4n) is 3.60. The van der Waals surface area contributed by atoms with Crippen molar-refractivity contribution in [3.63, 3.8) is 0 Å². The van der Waals surface area contributed by atoms with Gasteiger partial charge in [-0.2, -0.15) is 0 Å². The summed E-state index contributed by atoms with van der Waals surface area (Å²) in [5.41, 5.74) is 0. The molecule has 2 atom stereocenters. The smallest absolute Gasteiger partial charge is 0.209 e. The zero-order valence-electron chi connectivity index (χ0n) is 11.8. The van der Waals surface area contributed by atoms with Crippen LogP contribution >= 0.6 is 0 Å². The molecule has 0 radical (unpaired) electrons. The Morgan fingerprint density at radius 2 is 1.89 bits per heavy atom. The van der Waals surface area contributed by atoms with E-state index >= 15 is 0 Å². The minimum absolute atomic E-state index is 0.112. The molecule has 19 heavy (non-hydrogen) atoms. The van der Waals surface area contributed by atoms with E-state index in [1.165, 1.54) is 32.1 Å². The Labute approximate surface area is 117 Å². The second kappa shape index (κ2) is 6.52. The molecule has 0 aliphatic carbocycles. The number of fused-ring (bicyclic) bond motifs is 2. The lowest BCUT2D eigenvalue weighted by atomic mass is 9.97. The fourth-order valence-corrected chi connectivity index (χ4v) is 4.13. The molecule has 2 heterocycles. The highest BCUT2D eigenvalue weighted by Crippen LogP contribution is 2.35. The van der Waals surface area contributed by atoms with Gasteiger partial charge in [-0.25, -0.2) is 13.6 Å². The summed E-state index contributed by atoms with van der Waals surface area (Å²) in [7, 11) is -3.30. The predicted molar refractivity (Wildman–Crippen MR) is 77.4 cm³/mol. The van der Waals surface area contributed by atoms with Crippen LogP contribution in [-0.4, -0.2) is 50.3 Å². The highest BCUT2D eigenvalue weighted by molar-refractivity contribution is 7.89. The van der Waals surface area contributed by atoms with Gasteiger partial charge in [0.1, 0.15) is 0 Å². The van der Waals surface area contributed by atoms with E-state index in [9.17, 15) is 8.42 Å². The van der Waals surface area contributed by atoms with Crippen molar-refractivity contribution in [2.24, 2.45) is 5.14 Å². The van der Waals surface area contributed by atoms with Gasteiger partial charge in [-0.1, -0.05) is 6.92 Å². The van der Waals surface area contributed by atoms with Gasteiger partial charge in [0.2, 0.25) is 10.0 Å². The molecule has 0 amide bonds. The lowest BCUT2D eigenvalue weighted by Crippen LogP contribution is -2.49. The van der Waals surface area contributed by atoms with E-state index in [1.54, 1.807) is 0 Å². The van der Waals surface area contributed by atoms with Gasteiger partial charge in [0, 0.05) is 18.1 Å². The summed E-state index contributed by atoms with van der Waals surface area (Å²) in [6, 6.07) is 1.95. The number of hydrogen-bond donors (Lipinski definition) is 2. The Hall–Kier alpha value is -0.170. The summed E-state index contributed by atoms with van der Waals surface area (Å²) in [6.45, 7) is 4.19. The maximum absolute atomic E-state index is 11.0. The van der Waals surface area contributed by atoms with Crippen LogP contribution in [0.3, 0.4) is 0 Å². The van der Waals surface area contributed by atoms with Gasteiger partial charge in [0.25, 0.3) is 0 Å². The van der Waals surface area contributed by atoms with Crippen LogP contribution in [0.1, 0.15) is 45.4 Å². The Bertz CT molecular complexity index is 371. The van der Waals surface area contributed by atoms with Crippen LogP contribution in [-0.2, 0) is 10.0 Å². The zero-order chi connectivity index (χ0) is 13.9. The molecule has 0 aromatic heterocycles. The van der Waals surface area contributed by atoms with Crippen molar-refractivity contribution in [2.45, 2.75) is 63.6 Å². The Morgan fingerprint density at radius 1 is 1.26 bits per heavy atom. The topological polar surface area (TPSA) is 75.4 Å². The Kier molecular flexibility index (Phi) is 5.22. The lowest BCUT2D eigenvalue weighted by Gasteiger charge is -2.39. The first-order chi connectivity index (χ1) is 8.99. The average molecular weight is 289 g/mol. The highest BCUT2D eigenvalue weighted by atomic mass is 32.2. The monoisotopic (exact) mass is 289 g/mol. The van der Waals surface area contributed by atoms with Crippen LogP contribution in [0.2, 0.25) is 0 Å². The third kappa shape index (κ3) is 4.41. The van der Waals surface area contributed by atoms with E-state index in [-0.39, 0.29) is 5.75 Å². The number of nitrogens with one attached hydrogen (secondary N) is 1. The van der Waals surface area contributed by atoms with Gasteiger partial charge in [0.05, 0.1) is 5.75 Å². The summed E-state index contributed by atoms with van der Waals surface area (Å²) in [6.07, 6.45) is 6.81. The second-order valence-corrected chi connectivity index (χ2v) is 7.70. The normalized spacial score (nSPS) is 31.8. The van der Waals surface area contributed by atoms with Gasteiger partial charge in [-0.15, -0.1) is 0 Å². The Balaban J connectivity index is 1.79. The molecule has 3 N–H and O–H groups in total. The summed E-state index contributed by atoms with van der Waals surface area (Å²) < 4.78 is 21.9. The van der Waals surface area contributed by atoms with Crippen molar-refractivity contribution in [3.8, 4) is 0 Å². The standard InChI is InChI=1S/C13H27N3O2S/c1-2-6-15-11-9-12-4-5-13(10-11)16(12)7-3-8-19(14,17)18/h11-13,15H,2-10H2,1H3,(H2,14,17,18). The first kappa shape index (κ1) is 15.2. The van der Waals surface area contributed by atoms with Crippen molar-refractivity contribution >= 4 is 10.0 Å². The minimum atomic E-state index is -3.30. The molecule has 0 aromatic carbocycles. The average Bonchev–Trinajstić information content (AvgIpc) is 2.58. The van der Waals surface area contributed by atoms with Crippen molar-refractivity contribution in [1.82, 2.24) is 10.2 Å². The van der Waals surface area contributed by atoms with Crippen molar-refractivity contribution in [3.05, 3.63) is 0 Å². The fraction of sp³-hybridized carbons (Fsp3) is 1.00. The molecule has 2 saturated heterocycles. The van der Waals surface area contributed by atoms with Crippen molar-refractivity contribution in [1.29, 1.82) is 0 Å². The molecule has 5 nitrogen and oxygen atoms in total. The maximum Gasteiger partial charge on any atom is 0.209 e. The molecule has 2 unspecified atom stereocenters. The van der Waals surface area contributed by atoms with E-state index in [2.05, 4.69) is 17.1 Å². The largest absolute Gasteiger partial charge is 0.314 e. The van der Waals surface area contributed by atoms with E-state index in [0.29, 0.717) is 24.5 Å². The molecule has 2 aliphatic heterocycles. The third-order valence-electron chi connectivity index (χ3n) is 4.41. The quantitative estimate of drug-likeness (QED) is 0.722. The Morgan fingerprint density at radius 3 is 2.42 bits per heavy atom. The van der Waals surface area contributed by atoms with Crippen LogP contribution < -0.4 is 10.5 Å². The minimum Gasteiger partial charge on any atom is -0.314 e.